The van der Waals surface area contributed by atoms with E-state index in [0.29, 0.717) is 36.8 Å². The van der Waals surface area contributed by atoms with E-state index in [9.17, 15) is 14.4 Å². The molecule has 2 aromatic rings. The van der Waals surface area contributed by atoms with Gasteiger partial charge in [0, 0.05) is 31.2 Å². The molecule has 1 saturated heterocycles. The number of benzene rings is 2. The van der Waals surface area contributed by atoms with Crippen LogP contribution in [-0.4, -0.2) is 43.5 Å². The number of amides is 1. The van der Waals surface area contributed by atoms with Crippen LogP contribution in [0.15, 0.2) is 42.5 Å². The number of nitrogens with zero attached hydrogens (tertiary/aromatic N) is 3. The second-order valence-corrected chi connectivity index (χ2v) is 6.50. The van der Waals surface area contributed by atoms with Gasteiger partial charge in [-0.2, -0.15) is 5.26 Å². The molecule has 0 atom stereocenters. The molecule has 0 aromatic heterocycles. The first-order chi connectivity index (χ1) is 12.6. The number of anilines is 2. The second-order valence-electron chi connectivity index (χ2n) is 6.06. The van der Waals surface area contributed by atoms with E-state index in [1.54, 1.807) is 30.3 Å². The van der Waals surface area contributed by atoms with Crippen LogP contribution in [0.5, 0.6) is 0 Å². The van der Waals surface area contributed by atoms with E-state index in [0.717, 1.165) is 5.69 Å². The van der Waals surface area contributed by atoms with Crippen molar-refractivity contribution in [3.8, 4) is 6.07 Å². The minimum absolute atomic E-state index is 0.189. The normalized spacial score (nSPS) is 14.7. The Morgan fingerprint density at radius 3 is 2.62 bits per heavy atom. The molecule has 0 unspecified atom stereocenters. The van der Waals surface area contributed by atoms with E-state index in [-0.39, 0.29) is 18.1 Å². The average Bonchev–Trinajstić information content (AvgIpc) is 2.64. The Morgan fingerprint density at radius 1 is 1.19 bits per heavy atom. The van der Waals surface area contributed by atoms with Gasteiger partial charge in [0.25, 0.3) is 0 Å². The van der Waals surface area contributed by atoms with Crippen LogP contribution in [-0.2, 0) is 4.79 Å². The summed E-state index contributed by atoms with van der Waals surface area (Å²) in [6, 6.07) is 13.5. The maximum Gasteiger partial charge on any atom is 0.238 e. The lowest BCUT2D eigenvalue weighted by atomic mass is 10.1. The zero-order valence-electron chi connectivity index (χ0n) is 14.1. The summed E-state index contributed by atoms with van der Waals surface area (Å²) < 4.78 is 13.6. The molecular weight excluding hydrogens is 355 g/mol. The number of para-hydroxylation sites is 1. The maximum atomic E-state index is 13.6. The zero-order chi connectivity index (χ0) is 18.5. The van der Waals surface area contributed by atoms with Gasteiger partial charge in [-0.05, 0) is 30.3 Å². The molecule has 0 radical (unpaired) electrons. The molecule has 26 heavy (non-hydrogen) atoms. The van der Waals surface area contributed by atoms with Gasteiger partial charge in [-0.25, -0.2) is 4.39 Å². The molecule has 0 bridgehead atoms. The molecule has 1 aliphatic heterocycles. The minimum Gasteiger partial charge on any atom is -0.368 e. The predicted octanol–water partition coefficient (Wildman–Crippen LogP) is 3.11. The number of piperazine rings is 1. The predicted molar refractivity (Wildman–Crippen MR) is 99.8 cm³/mol. The average molecular weight is 373 g/mol. The summed E-state index contributed by atoms with van der Waals surface area (Å²) in [7, 11) is 0. The summed E-state index contributed by atoms with van der Waals surface area (Å²) in [4.78, 5) is 16.2. The second kappa shape index (κ2) is 8.17. The van der Waals surface area contributed by atoms with E-state index >= 15 is 0 Å². The minimum atomic E-state index is -0.448. The molecule has 0 saturated carbocycles. The fourth-order valence-electron chi connectivity index (χ4n) is 2.96. The lowest BCUT2D eigenvalue weighted by molar-refractivity contribution is -0.117. The molecule has 7 heteroatoms. The number of rotatable bonds is 4. The maximum absolute atomic E-state index is 13.6. The van der Waals surface area contributed by atoms with Crippen LogP contribution in [0.4, 0.5) is 15.8 Å². The number of hydrogen-bond donors (Lipinski definition) is 1. The van der Waals surface area contributed by atoms with Crippen molar-refractivity contribution < 1.29 is 9.18 Å². The molecular formula is C19H18ClFN4O. The Kier molecular flexibility index (Phi) is 5.71. The number of carbonyl (C=O) groups is 1. The monoisotopic (exact) mass is 372 g/mol. The van der Waals surface area contributed by atoms with Crippen LogP contribution in [0, 0.1) is 17.1 Å². The summed E-state index contributed by atoms with van der Waals surface area (Å²) in [6.07, 6.45) is 0. The molecule has 1 aliphatic rings. The van der Waals surface area contributed by atoms with Gasteiger partial charge < -0.3 is 10.2 Å². The van der Waals surface area contributed by atoms with Gasteiger partial charge in [-0.15, -0.1) is 0 Å². The van der Waals surface area contributed by atoms with Gasteiger partial charge in [0.15, 0.2) is 0 Å². The van der Waals surface area contributed by atoms with Crippen molar-refractivity contribution in [2.75, 3.05) is 42.9 Å². The number of carbonyl (C=O) groups excluding carboxylic acids is 1. The third-order valence-electron chi connectivity index (χ3n) is 4.31. The number of nitriles is 1. The Labute approximate surface area is 156 Å². The molecule has 1 fully saturated rings. The molecule has 134 valence electrons. The largest absolute Gasteiger partial charge is 0.368 e. The van der Waals surface area contributed by atoms with E-state index in [1.165, 1.54) is 12.1 Å². The first-order valence-electron chi connectivity index (χ1n) is 8.28. The Morgan fingerprint density at radius 2 is 1.92 bits per heavy atom. The van der Waals surface area contributed by atoms with Gasteiger partial charge in [-0.1, -0.05) is 23.7 Å². The van der Waals surface area contributed by atoms with Crippen molar-refractivity contribution >= 4 is 28.9 Å². The summed E-state index contributed by atoms with van der Waals surface area (Å²) in [5, 5.41) is 12.4. The molecule has 1 amide bonds. The molecule has 1 N–H and O–H groups in total. The van der Waals surface area contributed by atoms with Crippen molar-refractivity contribution in [2.45, 2.75) is 0 Å². The third-order valence-corrected chi connectivity index (χ3v) is 4.54. The van der Waals surface area contributed by atoms with Crippen LogP contribution in [0.1, 0.15) is 5.56 Å². The van der Waals surface area contributed by atoms with Crippen molar-refractivity contribution in [1.29, 1.82) is 5.26 Å². The number of hydrogen-bond acceptors (Lipinski definition) is 4. The highest BCUT2D eigenvalue weighted by Gasteiger charge is 2.21. The van der Waals surface area contributed by atoms with Crippen molar-refractivity contribution in [1.82, 2.24) is 4.90 Å². The fourth-order valence-corrected chi connectivity index (χ4v) is 3.13. The standard InChI is InChI=1S/C19H18ClFN4O/c20-15-6-5-14(12-22)18(11-15)25-9-7-24(8-10-25)13-19(26)23-17-4-2-1-3-16(17)21/h1-6,11H,7-10,13H2,(H,23,26). The Balaban J connectivity index is 1.56. The van der Waals surface area contributed by atoms with Gasteiger partial charge in [0.2, 0.25) is 5.91 Å². The SMILES string of the molecule is N#Cc1ccc(Cl)cc1N1CCN(CC(=O)Nc2ccccc2F)CC1. The molecule has 3 rings (SSSR count). The molecule has 5 nitrogen and oxygen atoms in total. The van der Waals surface area contributed by atoms with E-state index in [2.05, 4.69) is 16.3 Å². The summed E-state index contributed by atoms with van der Waals surface area (Å²) >= 11 is 6.05. The van der Waals surface area contributed by atoms with Gasteiger partial charge in [-0.3, -0.25) is 9.69 Å². The fraction of sp³-hybridized carbons (Fsp3) is 0.263. The number of halogens is 2. The van der Waals surface area contributed by atoms with Crippen molar-refractivity contribution in [3.05, 3.63) is 58.9 Å². The van der Waals surface area contributed by atoms with Gasteiger partial charge >= 0.3 is 0 Å². The van der Waals surface area contributed by atoms with Crippen LogP contribution in [0.2, 0.25) is 5.02 Å². The smallest absolute Gasteiger partial charge is 0.238 e. The summed E-state index contributed by atoms with van der Waals surface area (Å²) in [5.41, 5.74) is 1.59. The Bertz CT molecular complexity index is 844. The van der Waals surface area contributed by atoms with Crippen molar-refractivity contribution in [3.63, 3.8) is 0 Å². The van der Waals surface area contributed by atoms with Crippen molar-refractivity contribution in [2.24, 2.45) is 0 Å². The van der Waals surface area contributed by atoms with Crippen LogP contribution in [0.25, 0.3) is 0 Å². The molecule has 1 heterocycles. The highest BCUT2D eigenvalue weighted by molar-refractivity contribution is 6.30. The Hall–Kier alpha value is -2.62. The van der Waals surface area contributed by atoms with Crippen LogP contribution >= 0.6 is 11.6 Å². The lowest BCUT2D eigenvalue weighted by Crippen LogP contribution is -2.48. The van der Waals surface area contributed by atoms with E-state index in [1.807, 2.05) is 4.90 Å². The van der Waals surface area contributed by atoms with E-state index < -0.39 is 5.82 Å². The topological polar surface area (TPSA) is 59.4 Å². The van der Waals surface area contributed by atoms with Gasteiger partial charge in [0.05, 0.1) is 23.5 Å². The van der Waals surface area contributed by atoms with E-state index in [4.69, 9.17) is 11.6 Å². The number of nitrogens with one attached hydrogen (secondary N) is 1. The molecule has 0 aliphatic carbocycles. The lowest BCUT2D eigenvalue weighted by Gasteiger charge is -2.36. The summed E-state index contributed by atoms with van der Waals surface area (Å²) in [6.45, 7) is 2.90. The first kappa shape index (κ1) is 18.2. The van der Waals surface area contributed by atoms with Crippen LogP contribution < -0.4 is 10.2 Å². The first-order valence-corrected chi connectivity index (χ1v) is 8.66. The quantitative estimate of drug-likeness (QED) is 0.895. The van der Waals surface area contributed by atoms with Gasteiger partial charge in [0.1, 0.15) is 11.9 Å². The third kappa shape index (κ3) is 4.31. The zero-order valence-corrected chi connectivity index (χ0v) is 14.8. The molecule has 2 aromatic carbocycles. The summed E-state index contributed by atoms with van der Waals surface area (Å²) in [5.74, 6) is -0.695. The highest BCUT2D eigenvalue weighted by atomic mass is 35.5. The van der Waals surface area contributed by atoms with Crippen LogP contribution in [0.3, 0.4) is 0 Å². The molecule has 0 spiro atoms. The highest BCUT2D eigenvalue weighted by Crippen LogP contribution is 2.25.